The van der Waals surface area contributed by atoms with E-state index in [1.165, 1.54) is 5.56 Å². The lowest BCUT2D eigenvalue weighted by molar-refractivity contribution is -0.128. The number of halogens is 1. The number of carbonyl (C=O) groups excluding carboxylic acids is 1. The summed E-state index contributed by atoms with van der Waals surface area (Å²) in [7, 11) is 4.14. The van der Waals surface area contributed by atoms with Crippen LogP contribution in [-0.4, -0.2) is 68.5 Å². The molecule has 2 N–H and O–H groups in total. The second-order valence-corrected chi connectivity index (χ2v) is 6.55. The van der Waals surface area contributed by atoms with Gasteiger partial charge in [-0.05, 0) is 39.4 Å². The van der Waals surface area contributed by atoms with Crippen molar-refractivity contribution in [3.63, 3.8) is 0 Å². The first-order chi connectivity index (χ1) is 12.1. The van der Waals surface area contributed by atoms with Crippen LogP contribution in [0.4, 0.5) is 0 Å². The predicted octanol–water partition coefficient (Wildman–Crippen LogP) is 2.08. The van der Waals surface area contributed by atoms with Gasteiger partial charge >= 0.3 is 0 Å². The number of amides is 1. The molecule has 0 aliphatic carbocycles. The van der Waals surface area contributed by atoms with Gasteiger partial charge in [-0.25, -0.2) is 4.99 Å². The normalized spacial score (nSPS) is 15.5. The number of guanidine groups is 1. The van der Waals surface area contributed by atoms with Crippen molar-refractivity contribution in [2.24, 2.45) is 4.99 Å². The highest BCUT2D eigenvalue weighted by molar-refractivity contribution is 14.0. The van der Waals surface area contributed by atoms with Crippen LogP contribution in [0.2, 0.25) is 0 Å². The van der Waals surface area contributed by atoms with E-state index in [-0.39, 0.29) is 42.5 Å². The molecule has 1 fully saturated rings. The maximum absolute atomic E-state index is 12.2. The third kappa shape index (κ3) is 7.11. The molecule has 1 unspecified atom stereocenters. The van der Waals surface area contributed by atoms with E-state index in [0.29, 0.717) is 5.96 Å². The molecule has 1 heterocycles. The summed E-state index contributed by atoms with van der Waals surface area (Å²) in [5.41, 5.74) is 1.25. The molecule has 0 spiro atoms. The zero-order valence-electron chi connectivity index (χ0n) is 16.1. The standard InChI is InChI=1S/C19H31N5O.HI/c1-4-20-19(22-15-18(25)24-12-8-9-13-24)21-14-17(23(2)3)16-10-6-5-7-11-16;/h5-7,10-11,17H,4,8-9,12-15H2,1-3H3,(H2,20,21,22);1H. The van der Waals surface area contributed by atoms with Gasteiger partial charge in [0.1, 0.15) is 6.54 Å². The molecule has 6 nitrogen and oxygen atoms in total. The fourth-order valence-corrected chi connectivity index (χ4v) is 3.02. The smallest absolute Gasteiger partial charge is 0.244 e. The first-order valence-electron chi connectivity index (χ1n) is 9.13. The van der Waals surface area contributed by atoms with Gasteiger partial charge in [0, 0.05) is 26.2 Å². The highest BCUT2D eigenvalue weighted by atomic mass is 127. The van der Waals surface area contributed by atoms with Crippen LogP contribution in [0, 0.1) is 0 Å². The number of hydrogen-bond donors (Lipinski definition) is 2. The summed E-state index contributed by atoms with van der Waals surface area (Å²) in [5.74, 6) is 0.805. The first kappa shape index (κ1) is 22.7. The molecule has 0 bridgehead atoms. The largest absolute Gasteiger partial charge is 0.357 e. The fraction of sp³-hybridized carbons (Fsp3) is 0.579. The van der Waals surface area contributed by atoms with Gasteiger partial charge in [0.05, 0.1) is 6.04 Å². The minimum atomic E-state index is 0. The van der Waals surface area contributed by atoms with Crippen LogP contribution in [0.15, 0.2) is 35.3 Å². The van der Waals surface area contributed by atoms with Gasteiger partial charge in [0.25, 0.3) is 0 Å². The topological polar surface area (TPSA) is 60.0 Å². The van der Waals surface area contributed by atoms with Crippen molar-refractivity contribution in [3.05, 3.63) is 35.9 Å². The molecule has 0 radical (unpaired) electrons. The second-order valence-electron chi connectivity index (χ2n) is 6.55. The number of benzene rings is 1. The van der Waals surface area contributed by atoms with Crippen molar-refractivity contribution in [2.45, 2.75) is 25.8 Å². The number of nitrogens with one attached hydrogen (secondary N) is 2. The van der Waals surface area contributed by atoms with E-state index in [1.54, 1.807) is 0 Å². The number of likely N-dealkylation sites (N-methyl/N-ethyl adjacent to an activating group) is 1. The summed E-state index contributed by atoms with van der Waals surface area (Å²) in [6, 6.07) is 10.6. The van der Waals surface area contributed by atoms with Crippen molar-refractivity contribution < 1.29 is 4.79 Å². The molecule has 1 amide bonds. The summed E-state index contributed by atoms with van der Waals surface area (Å²) in [6.45, 7) is 5.46. The van der Waals surface area contributed by atoms with Gasteiger partial charge < -0.3 is 20.4 Å². The Labute approximate surface area is 174 Å². The Morgan fingerprint density at radius 2 is 1.85 bits per heavy atom. The van der Waals surface area contributed by atoms with E-state index in [9.17, 15) is 4.79 Å². The molecule has 0 saturated carbocycles. The van der Waals surface area contributed by atoms with Gasteiger partial charge in [-0.1, -0.05) is 30.3 Å². The van der Waals surface area contributed by atoms with Crippen molar-refractivity contribution in [3.8, 4) is 0 Å². The Kier molecular flexibility index (Phi) is 10.6. The molecule has 1 aromatic carbocycles. The van der Waals surface area contributed by atoms with E-state index < -0.39 is 0 Å². The fourth-order valence-electron chi connectivity index (χ4n) is 3.02. The van der Waals surface area contributed by atoms with Crippen LogP contribution in [0.25, 0.3) is 0 Å². The van der Waals surface area contributed by atoms with E-state index in [4.69, 9.17) is 0 Å². The van der Waals surface area contributed by atoms with Crippen LogP contribution in [0.3, 0.4) is 0 Å². The molecule has 1 aromatic rings. The molecule has 1 saturated heterocycles. The highest BCUT2D eigenvalue weighted by Gasteiger charge is 2.18. The SMILES string of the molecule is CCNC(=NCC(=O)N1CCCC1)NCC(c1ccccc1)N(C)C.I. The Bertz CT molecular complexity index is 558. The highest BCUT2D eigenvalue weighted by Crippen LogP contribution is 2.16. The number of hydrogen-bond acceptors (Lipinski definition) is 3. The van der Waals surface area contributed by atoms with E-state index in [0.717, 1.165) is 39.0 Å². The van der Waals surface area contributed by atoms with Gasteiger partial charge in [0.15, 0.2) is 5.96 Å². The maximum atomic E-state index is 12.2. The molecule has 1 atom stereocenters. The molecule has 0 aromatic heterocycles. The van der Waals surface area contributed by atoms with Crippen LogP contribution in [0.5, 0.6) is 0 Å². The Morgan fingerprint density at radius 1 is 1.19 bits per heavy atom. The van der Waals surface area contributed by atoms with Crippen molar-refractivity contribution in [2.75, 3.05) is 46.8 Å². The minimum Gasteiger partial charge on any atom is -0.357 e. The van der Waals surface area contributed by atoms with Gasteiger partial charge in [0.2, 0.25) is 5.91 Å². The molecule has 26 heavy (non-hydrogen) atoms. The lowest BCUT2D eigenvalue weighted by Gasteiger charge is -2.26. The predicted molar refractivity (Wildman–Crippen MR) is 118 cm³/mol. The molecule has 146 valence electrons. The average molecular weight is 473 g/mol. The molecular formula is C19H32IN5O. The monoisotopic (exact) mass is 473 g/mol. The first-order valence-corrected chi connectivity index (χ1v) is 9.13. The summed E-state index contributed by atoms with van der Waals surface area (Å²) in [5, 5.41) is 6.60. The molecular weight excluding hydrogens is 441 g/mol. The van der Waals surface area contributed by atoms with Crippen LogP contribution < -0.4 is 10.6 Å². The summed E-state index contributed by atoms with van der Waals surface area (Å²) in [6.07, 6.45) is 2.21. The number of rotatable bonds is 7. The number of nitrogens with zero attached hydrogens (tertiary/aromatic N) is 3. The Morgan fingerprint density at radius 3 is 2.42 bits per heavy atom. The zero-order valence-corrected chi connectivity index (χ0v) is 18.4. The van der Waals surface area contributed by atoms with Crippen molar-refractivity contribution in [1.29, 1.82) is 0 Å². The lowest BCUT2D eigenvalue weighted by atomic mass is 10.1. The zero-order chi connectivity index (χ0) is 18.1. The Balaban J connectivity index is 0.00000338. The van der Waals surface area contributed by atoms with E-state index in [1.807, 2.05) is 17.9 Å². The summed E-state index contributed by atoms with van der Waals surface area (Å²) in [4.78, 5) is 20.7. The number of carbonyl (C=O) groups is 1. The van der Waals surface area contributed by atoms with Crippen molar-refractivity contribution in [1.82, 2.24) is 20.4 Å². The minimum absolute atomic E-state index is 0. The number of aliphatic imine (C=N–C) groups is 1. The lowest BCUT2D eigenvalue weighted by Crippen LogP contribution is -2.42. The van der Waals surface area contributed by atoms with Crippen LogP contribution in [-0.2, 0) is 4.79 Å². The van der Waals surface area contributed by atoms with Crippen molar-refractivity contribution >= 4 is 35.8 Å². The molecule has 1 aliphatic rings. The van der Waals surface area contributed by atoms with E-state index in [2.05, 4.69) is 58.9 Å². The number of likely N-dealkylation sites (tertiary alicyclic amines) is 1. The summed E-state index contributed by atoms with van der Waals surface area (Å²) >= 11 is 0. The van der Waals surface area contributed by atoms with E-state index >= 15 is 0 Å². The molecule has 7 heteroatoms. The molecule has 1 aliphatic heterocycles. The van der Waals surface area contributed by atoms with Gasteiger partial charge in [-0.3, -0.25) is 4.79 Å². The van der Waals surface area contributed by atoms with Gasteiger partial charge in [-0.15, -0.1) is 24.0 Å². The average Bonchev–Trinajstić information content (AvgIpc) is 3.15. The second kappa shape index (κ2) is 12.1. The summed E-state index contributed by atoms with van der Waals surface area (Å²) < 4.78 is 0. The Hall–Kier alpha value is -1.35. The van der Waals surface area contributed by atoms with Crippen LogP contribution >= 0.6 is 24.0 Å². The third-order valence-corrected chi connectivity index (χ3v) is 4.45. The van der Waals surface area contributed by atoms with Crippen LogP contribution in [0.1, 0.15) is 31.4 Å². The molecule has 2 rings (SSSR count). The maximum Gasteiger partial charge on any atom is 0.244 e. The third-order valence-electron chi connectivity index (χ3n) is 4.45. The van der Waals surface area contributed by atoms with Gasteiger partial charge in [-0.2, -0.15) is 0 Å². The quantitative estimate of drug-likeness (QED) is 0.362.